The monoisotopic (exact) mass is 521 g/mol. The fourth-order valence-corrected chi connectivity index (χ4v) is 5.35. The standard InChI is InChI=1S/C23H24ClN3O5S2/c1-27(17-18-5-3-2-4-6-18)34(31,32)22-13-9-20(10-14-22)26-23(28)15-16-25-33(29,30)21-11-7-19(24)8-12-21/h2-14,25H,15-17H2,1H3,(H,26,28). The van der Waals surface area contributed by atoms with Crippen LogP contribution >= 0.6 is 11.6 Å². The van der Waals surface area contributed by atoms with E-state index < -0.39 is 26.0 Å². The van der Waals surface area contributed by atoms with Crippen molar-refractivity contribution in [3.63, 3.8) is 0 Å². The minimum atomic E-state index is -3.76. The van der Waals surface area contributed by atoms with Gasteiger partial charge in [-0.25, -0.2) is 21.6 Å². The average Bonchev–Trinajstić information content (AvgIpc) is 2.80. The Kier molecular flexibility index (Phi) is 8.45. The molecule has 0 saturated carbocycles. The lowest BCUT2D eigenvalue weighted by atomic mass is 10.2. The van der Waals surface area contributed by atoms with Crippen molar-refractivity contribution in [3.05, 3.63) is 89.4 Å². The van der Waals surface area contributed by atoms with E-state index in [4.69, 9.17) is 11.6 Å². The lowest BCUT2D eigenvalue weighted by Crippen LogP contribution is -2.28. The molecule has 34 heavy (non-hydrogen) atoms. The third-order valence-electron chi connectivity index (χ3n) is 4.86. The van der Waals surface area contributed by atoms with Crippen LogP contribution in [0.2, 0.25) is 5.02 Å². The lowest BCUT2D eigenvalue weighted by molar-refractivity contribution is -0.116. The van der Waals surface area contributed by atoms with Gasteiger partial charge in [-0.05, 0) is 54.1 Å². The molecule has 3 aromatic rings. The molecule has 8 nitrogen and oxygen atoms in total. The molecule has 0 unspecified atom stereocenters. The molecule has 1 amide bonds. The maximum absolute atomic E-state index is 12.8. The van der Waals surface area contributed by atoms with Crippen molar-refractivity contribution in [2.75, 3.05) is 18.9 Å². The fourth-order valence-electron chi connectivity index (χ4n) is 3.04. The predicted molar refractivity (Wildman–Crippen MR) is 131 cm³/mol. The Balaban J connectivity index is 1.53. The first-order valence-corrected chi connectivity index (χ1v) is 13.5. The molecule has 0 aromatic heterocycles. The number of nitrogens with one attached hydrogen (secondary N) is 2. The number of nitrogens with zero attached hydrogens (tertiary/aromatic N) is 1. The number of rotatable bonds is 10. The molecule has 11 heteroatoms. The van der Waals surface area contributed by atoms with Gasteiger partial charge in [-0.2, -0.15) is 4.31 Å². The number of hydrogen-bond donors (Lipinski definition) is 2. The highest BCUT2D eigenvalue weighted by molar-refractivity contribution is 7.89. The van der Waals surface area contributed by atoms with Crippen LogP contribution in [0.4, 0.5) is 5.69 Å². The van der Waals surface area contributed by atoms with Crippen LogP contribution in [0.25, 0.3) is 0 Å². The first-order chi connectivity index (χ1) is 16.1. The number of halogens is 1. The first-order valence-electron chi connectivity index (χ1n) is 10.2. The summed E-state index contributed by atoms with van der Waals surface area (Å²) in [7, 11) is -5.96. The largest absolute Gasteiger partial charge is 0.326 e. The van der Waals surface area contributed by atoms with Crippen molar-refractivity contribution in [1.82, 2.24) is 9.03 Å². The normalized spacial score (nSPS) is 12.0. The molecule has 180 valence electrons. The molecular weight excluding hydrogens is 498 g/mol. The summed E-state index contributed by atoms with van der Waals surface area (Å²) in [5, 5.41) is 3.04. The summed E-state index contributed by atoms with van der Waals surface area (Å²) < 4.78 is 53.7. The van der Waals surface area contributed by atoms with E-state index in [2.05, 4.69) is 10.0 Å². The molecule has 0 heterocycles. The van der Waals surface area contributed by atoms with Gasteiger partial charge < -0.3 is 5.32 Å². The Hall–Kier alpha value is -2.76. The van der Waals surface area contributed by atoms with Crippen LogP contribution in [0.3, 0.4) is 0 Å². The molecule has 0 atom stereocenters. The van der Waals surface area contributed by atoms with E-state index in [1.807, 2.05) is 30.3 Å². The van der Waals surface area contributed by atoms with E-state index in [0.717, 1.165) is 5.56 Å². The molecule has 2 N–H and O–H groups in total. The highest BCUT2D eigenvalue weighted by Crippen LogP contribution is 2.19. The Morgan fingerprint density at radius 3 is 2.06 bits per heavy atom. The Labute approximate surface area is 204 Å². The van der Waals surface area contributed by atoms with Gasteiger partial charge in [-0.3, -0.25) is 4.79 Å². The minimum absolute atomic E-state index is 0.0475. The minimum Gasteiger partial charge on any atom is -0.326 e. The molecular formula is C23H24ClN3O5S2. The molecule has 3 aromatic carbocycles. The maximum Gasteiger partial charge on any atom is 0.243 e. The van der Waals surface area contributed by atoms with Crippen LogP contribution in [0, 0.1) is 0 Å². The second-order valence-electron chi connectivity index (χ2n) is 7.42. The third-order valence-corrected chi connectivity index (χ3v) is 8.41. The van der Waals surface area contributed by atoms with Gasteiger partial charge in [0.05, 0.1) is 9.79 Å². The Morgan fingerprint density at radius 1 is 0.853 bits per heavy atom. The number of benzene rings is 3. The van der Waals surface area contributed by atoms with Gasteiger partial charge in [0.15, 0.2) is 0 Å². The molecule has 0 bridgehead atoms. The average molecular weight is 522 g/mol. The zero-order valence-corrected chi connectivity index (χ0v) is 20.7. The molecule has 0 spiro atoms. The van der Waals surface area contributed by atoms with Crippen molar-refractivity contribution in [2.24, 2.45) is 0 Å². The number of anilines is 1. The lowest BCUT2D eigenvalue weighted by Gasteiger charge is -2.17. The zero-order valence-electron chi connectivity index (χ0n) is 18.3. The maximum atomic E-state index is 12.8. The summed E-state index contributed by atoms with van der Waals surface area (Å²) in [4.78, 5) is 12.3. The Morgan fingerprint density at radius 2 is 1.44 bits per heavy atom. The molecule has 0 aliphatic rings. The summed E-state index contributed by atoms with van der Waals surface area (Å²) in [5.41, 5.74) is 1.26. The molecule has 3 rings (SSSR count). The van der Waals surface area contributed by atoms with Gasteiger partial charge in [-0.1, -0.05) is 41.9 Å². The molecule has 0 saturated heterocycles. The fraction of sp³-hybridized carbons (Fsp3) is 0.174. The third kappa shape index (κ3) is 6.87. The zero-order chi connectivity index (χ0) is 24.8. The molecule has 0 radical (unpaired) electrons. The van der Waals surface area contributed by atoms with Crippen LogP contribution < -0.4 is 10.0 Å². The summed E-state index contributed by atoms with van der Waals surface area (Å²) in [5.74, 6) is -0.421. The first kappa shape index (κ1) is 25.9. The second-order valence-corrected chi connectivity index (χ2v) is 11.7. The van der Waals surface area contributed by atoms with Gasteiger partial charge in [0.25, 0.3) is 0 Å². The van der Waals surface area contributed by atoms with Crippen molar-refractivity contribution >= 4 is 43.2 Å². The van der Waals surface area contributed by atoms with Crippen LogP contribution in [0.1, 0.15) is 12.0 Å². The van der Waals surface area contributed by atoms with E-state index in [-0.39, 0.29) is 29.3 Å². The number of carbonyl (C=O) groups excluding carboxylic acids is 1. The van der Waals surface area contributed by atoms with E-state index in [1.165, 1.54) is 59.9 Å². The van der Waals surface area contributed by atoms with Crippen LogP contribution in [-0.4, -0.2) is 40.6 Å². The van der Waals surface area contributed by atoms with E-state index in [0.29, 0.717) is 10.7 Å². The summed E-state index contributed by atoms with van der Waals surface area (Å²) in [6, 6.07) is 20.7. The van der Waals surface area contributed by atoms with Crippen molar-refractivity contribution in [2.45, 2.75) is 22.8 Å². The van der Waals surface area contributed by atoms with Crippen molar-refractivity contribution in [3.8, 4) is 0 Å². The number of carbonyl (C=O) groups is 1. The van der Waals surface area contributed by atoms with Gasteiger partial charge >= 0.3 is 0 Å². The predicted octanol–water partition coefficient (Wildman–Crippen LogP) is 3.47. The molecule has 0 fully saturated rings. The van der Waals surface area contributed by atoms with Crippen molar-refractivity contribution in [1.29, 1.82) is 0 Å². The Bertz CT molecular complexity index is 1330. The number of sulfonamides is 2. The highest BCUT2D eigenvalue weighted by Gasteiger charge is 2.21. The summed E-state index contributed by atoms with van der Waals surface area (Å²) >= 11 is 5.76. The van der Waals surface area contributed by atoms with Crippen LogP contribution in [0.15, 0.2) is 88.7 Å². The quantitative estimate of drug-likeness (QED) is 0.424. The van der Waals surface area contributed by atoms with E-state index in [1.54, 1.807) is 0 Å². The smallest absolute Gasteiger partial charge is 0.243 e. The second kappa shape index (κ2) is 11.1. The molecule has 0 aliphatic heterocycles. The number of amides is 1. The van der Waals surface area contributed by atoms with Gasteiger partial charge in [0, 0.05) is 37.3 Å². The molecule has 0 aliphatic carbocycles. The van der Waals surface area contributed by atoms with Crippen LogP contribution in [-0.2, 0) is 31.4 Å². The number of hydrogen-bond acceptors (Lipinski definition) is 5. The van der Waals surface area contributed by atoms with E-state index in [9.17, 15) is 21.6 Å². The van der Waals surface area contributed by atoms with Gasteiger partial charge in [0.1, 0.15) is 0 Å². The topological polar surface area (TPSA) is 113 Å². The summed E-state index contributed by atoms with van der Waals surface area (Å²) in [6.07, 6.45) is -0.104. The van der Waals surface area contributed by atoms with Crippen molar-refractivity contribution < 1.29 is 21.6 Å². The van der Waals surface area contributed by atoms with Crippen LogP contribution in [0.5, 0.6) is 0 Å². The van der Waals surface area contributed by atoms with Gasteiger partial charge in [-0.15, -0.1) is 0 Å². The van der Waals surface area contributed by atoms with E-state index >= 15 is 0 Å². The highest BCUT2D eigenvalue weighted by atomic mass is 35.5. The summed E-state index contributed by atoms with van der Waals surface area (Å²) in [6.45, 7) is 0.126. The SMILES string of the molecule is CN(Cc1ccccc1)S(=O)(=O)c1ccc(NC(=O)CCNS(=O)(=O)c2ccc(Cl)cc2)cc1. The van der Waals surface area contributed by atoms with Gasteiger partial charge in [0.2, 0.25) is 26.0 Å².